The van der Waals surface area contributed by atoms with E-state index in [0.29, 0.717) is 10.5 Å². The molecule has 0 saturated carbocycles. The molecule has 0 spiro atoms. The van der Waals surface area contributed by atoms with Crippen LogP contribution in [0.1, 0.15) is 10.4 Å². The molecule has 1 aromatic heterocycles. The van der Waals surface area contributed by atoms with E-state index in [1.807, 2.05) is 18.2 Å². The van der Waals surface area contributed by atoms with Crippen molar-refractivity contribution in [2.24, 2.45) is 0 Å². The standard InChI is InChI=1S/C18H15N3O5S/c1-27(24)14-10-6-5-9-13(14)17(23)25-11-15(22)19-18-21-20-16(26-18)12-7-3-2-4-8-12/h2-10H,11H2,1H3,(H,19,21,22)/t27-/m0/s1. The summed E-state index contributed by atoms with van der Waals surface area (Å²) in [6.45, 7) is -0.549. The largest absolute Gasteiger partial charge is 0.452 e. The van der Waals surface area contributed by atoms with E-state index in [1.54, 1.807) is 30.3 Å². The second-order valence-corrected chi connectivity index (χ2v) is 6.70. The summed E-state index contributed by atoms with van der Waals surface area (Å²) in [5.41, 5.74) is 0.858. The highest BCUT2D eigenvalue weighted by molar-refractivity contribution is 7.84. The van der Waals surface area contributed by atoms with Crippen LogP contribution < -0.4 is 5.32 Å². The summed E-state index contributed by atoms with van der Waals surface area (Å²) in [6.07, 6.45) is 1.46. The molecule has 9 heteroatoms. The molecule has 3 aromatic rings. The van der Waals surface area contributed by atoms with Crippen LogP contribution in [0.15, 0.2) is 63.9 Å². The van der Waals surface area contributed by atoms with Gasteiger partial charge in [0.05, 0.1) is 21.3 Å². The van der Waals surface area contributed by atoms with Crippen LogP contribution in [0.2, 0.25) is 0 Å². The summed E-state index contributed by atoms with van der Waals surface area (Å²) >= 11 is 0. The highest BCUT2D eigenvalue weighted by Gasteiger charge is 2.17. The molecule has 0 unspecified atom stereocenters. The van der Waals surface area contributed by atoms with Crippen LogP contribution in [0, 0.1) is 0 Å². The smallest absolute Gasteiger partial charge is 0.339 e. The first-order valence-corrected chi connectivity index (χ1v) is 9.39. The lowest BCUT2D eigenvalue weighted by Gasteiger charge is -2.07. The van der Waals surface area contributed by atoms with Gasteiger partial charge in [-0.3, -0.25) is 14.3 Å². The minimum Gasteiger partial charge on any atom is -0.452 e. The Morgan fingerprint density at radius 2 is 1.78 bits per heavy atom. The molecule has 0 aliphatic heterocycles. The Kier molecular flexibility index (Phi) is 5.72. The molecule has 0 aliphatic carbocycles. The van der Waals surface area contributed by atoms with Gasteiger partial charge in [-0.1, -0.05) is 35.4 Å². The molecule has 3 rings (SSSR count). The summed E-state index contributed by atoms with van der Waals surface area (Å²) in [6, 6.07) is 15.3. The van der Waals surface area contributed by atoms with Crippen molar-refractivity contribution in [3.63, 3.8) is 0 Å². The number of aromatic nitrogens is 2. The Labute approximate surface area is 157 Å². The fourth-order valence-corrected chi connectivity index (χ4v) is 2.95. The van der Waals surface area contributed by atoms with Crippen LogP contribution in [0.5, 0.6) is 0 Å². The number of ether oxygens (including phenoxy) is 1. The number of carbonyl (C=O) groups excluding carboxylic acids is 2. The van der Waals surface area contributed by atoms with Gasteiger partial charge in [-0.25, -0.2) is 4.79 Å². The normalized spacial score (nSPS) is 11.6. The predicted octanol–water partition coefficient (Wildman–Crippen LogP) is 2.27. The van der Waals surface area contributed by atoms with Crippen molar-refractivity contribution in [2.45, 2.75) is 4.90 Å². The van der Waals surface area contributed by atoms with Gasteiger partial charge in [0.2, 0.25) is 5.89 Å². The molecule has 0 radical (unpaired) electrons. The van der Waals surface area contributed by atoms with Crippen molar-refractivity contribution in [1.82, 2.24) is 10.2 Å². The maximum absolute atomic E-state index is 12.1. The molecule has 1 heterocycles. The molecule has 8 nitrogen and oxygen atoms in total. The van der Waals surface area contributed by atoms with E-state index in [4.69, 9.17) is 9.15 Å². The van der Waals surface area contributed by atoms with Gasteiger partial charge < -0.3 is 9.15 Å². The molecule has 0 bridgehead atoms. The predicted molar refractivity (Wildman–Crippen MR) is 97.4 cm³/mol. The number of benzene rings is 2. The van der Waals surface area contributed by atoms with Crippen molar-refractivity contribution >= 4 is 28.7 Å². The number of nitrogens with one attached hydrogen (secondary N) is 1. The average Bonchev–Trinajstić information content (AvgIpc) is 3.15. The minimum atomic E-state index is -1.36. The number of anilines is 1. The molecule has 138 valence electrons. The number of rotatable bonds is 6. The van der Waals surface area contributed by atoms with E-state index in [9.17, 15) is 13.8 Å². The van der Waals surface area contributed by atoms with Gasteiger partial charge in [0.1, 0.15) is 0 Å². The van der Waals surface area contributed by atoms with E-state index < -0.39 is 29.3 Å². The number of carbonyl (C=O) groups is 2. The third-order valence-electron chi connectivity index (χ3n) is 3.44. The highest BCUT2D eigenvalue weighted by atomic mass is 32.2. The minimum absolute atomic E-state index is 0.107. The summed E-state index contributed by atoms with van der Waals surface area (Å²) in [5.74, 6) is -1.13. The molecular weight excluding hydrogens is 370 g/mol. The first-order valence-electron chi connectivity index (χ1n) is 7.83. The summed E-state index contributed by atoms with van der Waals surface area (Å²) < 4.78 is 22.0. The van der Waals surface area contributed by atoms with E-state index in [2.05, 4.69) is 15.5 Å². The zero-order valence-corrected chi connectivity index (χ0v) is 15.1. The number of amides is 1. The Morgan fingerprint density at radius 1 is 1.07 bits per heavy atom. The van der Waals surface area contributed by atoms with Gasteiger partial charge in [0, 0.05) is 11.8 Å². The highest BCUT2D eigenvalue weighted by Crippen LogP contribution is 2.19. The molecule has 0 fully saturated rings. The zero-order chi connectivity index (χ0) is 19.2. The summed E-state index contributed by atoms with van der Waals surface area (Å²) in [7, 11) is -1.36. The van der Waals surface area contributed by atoms with Crippen molar-refractivity contribution in [3.05, 3.63) is 60.2 Å². The second kappa shape index (κ2) is 8.37. The fraction of sp³-hybridized carbons (Fsp3) is 0.111. The van der Waals surface area contributed by atoms with Gasteiger partial charge in [-0.2, -0.15) is 0 Å². The van der Waals surface area contributed by atoms with Crippen LogP contribution in [-0.2, 0) is 20.3 Å². The van der Waals surface area contributed by atoms with Gasteiger partial charge in [-0.15, -0.1) is 5.10 Å². The Morgan fingerprint density at radius 3 is 2.52 bits per heavy atom. The van der Waals surface area contributed by atoms with Crippen LogP contribution in [0.25, 0.3) is 11.5 Å². The van der Waals surface area contributed by atoms with Gasteiger partial charge in [-0.05, 0) is 24.3 Å². The zero-order valence-electron chi connectivity index (χ0n) is 14.2. The third kappa shape index (κ3) is 4.64. The van der Waals surface area contributed by atoms with Gasteiger partial charge in [0.25, 0.3) is 5.91 Å². The van der Waals surface area contributed by atoms with E-state index >= 15 is 0 Å². The van der Waals surface area contributed by atoms with Crippen molar-refractivity contribution in [2.75, 3.05) is 18.2 Å². The summed E-state index contributed by atoms with van der Waals surface area (Å²) in [4.78, 5) is 24.4. The number of hydrogen-bond donors (Lipinski definition) is 1. The molecule has 27 heavy (non-hydrogen) atoms. The van der Waals surface area contributed by atoms with Crippen LogP contribution in [0.3, 0.4) is 0 Å². The third-order valence-corrected chi connectivity index (χ3v) is 4.42. The maximum atomic E-state index is 12.1. The first-order chi connectivity index (χ1) is 13.0. The monoisotopic (exact) mass is 385 g/mol. The van der Waals surface area contributed by atoms with Crippen molar-refractivity contribution in [3.8, 4) is 11.5 Å². The van der Waals surface area contributed by atoms with E-state index in [1.165, 1.54) is 12.3 Å². The van der Waals surface area contributed by atoms with Gasteiger partial charge >= 0.3 is 12.0 Å². The lowest BCUT2D eigenvalue weighted by molar-refractivity contribution is -0.119. The lowest BCUT2D eigenvalue weighted by Crippen LogP contribution is -2.21. The van der Waals surface area contributed by atoms with Crippen LogP contribution >= 0.6 is 0 Å². The lowest BCUT2D eigenvalue weighted by atomic mass is 10.2. The molecule has 0 aliphatic rings. The van der Waals surface area contributed by atoms with Gasteiger partial charge in [0.15, 0.2) is 6.61 Å². The Balaban J connectivity index is 1.58. The Hall–Kier alpha value is -3.33. The number of nitrogens with zero attached hydrogens (tertiary/aromatic N) is 2. The molecule has 0 saturated heterocycles. The second-order valence-electron chi connectivity index (χ2n) is 5.35. The molecule has 1 amide bonds. The molecule has 1 N–H and O–H groups in total. The number of esters is 1. The Bertz CT molecular complexity index is 987. The SMILES string of the molecule is C[S@](=O)c1ccccc1C(=O)OCC(=O)Nc1nnc(-c2ccccc2)o1. The molecular formula is C18H15N3O5S. The van der Waals surface area contributed by atoms with E-state index in [-0.39, 0.29) is 17.5 Å². The van der Waals surface area contributed by atoms with Crippen LogP contribution in [0.4, 0.5) is 6.01 Å². The van der Waals surface area contributed by atoms with Crippen LogP contribution in [-0.4, -0.2) is 39.1 Å². The maximum Gasteiger partial charge on any atom is 0.339 e. The first kappa shape index (κ1) is 18.5. The quantitative estimate of drug-likeness (QED) is 0.648. The average molecular weight is 385 g/mol. The fourth-order valence-electron chi connectivity index (χ4n) is 2.22. The summed E-state index contributed by atoms with van der Waals surface area (Å²) in [5, 5.41) is 9.93. The topological polar surface area (TPSA) is 111 Å². The number of hydrogen-bond acceptors (Lipinski definition) is 7. The van der Waals surface area contributed by atoms with Crippen molar-refractivity contribution in [1.29, 1.82) is 0 Å². The molecule has 2 aromatic carbocycles. The van der Waals surface area contributed by atoms with Crippen molar-refractivity contribution < 1.29 is 23.0 Å². The molecule has 1 atom stereocenters. The van der Waals surface area contributed by atoms with E-state index in [0.717, 1.165) is 0 Å².